The van der Waals surface area contributed by atoms with Crippen molar-refractivity contribution < 1.29 is 4.79 Å². The Morgan fingerprint density at radius 1 is 1.78 bits per heavy atom. The molecule has 3 nitrogen and oxygen atoms in total. The number of hydrogen-bond donors (Lipinski definition) is 1. The highest BCUT2D eigenvalue weighted by molar-refractivity contribution is 5.86. The molecule has 0 saturated heterocycles. The van der Waals surface area contributed by atoms with Gasteiger partial charge in [-0.2, -0.15) is 0 Å². The van der Waals surface area contributed by atoms with Crippen LogP contribution >= 0.6 is 0 Å². The molecule has 1 amide bonds. The second-order valence-corrected chi connectivity index (χ2v) is 1.62. The van der Waals surface area contributed by atoms with Crippen molar-refractivity contribution in [2.45, 2.75) is 13.8 Å². The molecule has 0 spiro atoms. The fourth-order valence-electron chi connectivity index (χ4n) is 0.394. The van der Waals surface area contributed by atoms with Crippen molar-refractivity contribution in [2.24, 2.45) is 5.84 Å². The Morgan fingerprint density at radius 3 is 2.67 bits per heavy atom. The molecule has 0 aliphatic rings. The first-order chi connectivity index (χ1) is 4.22. The van der Waals surface area contributed by atoms with E-state index in [2.05, 4.69) is 0 Å². The maximum absolute atomic E-state index is 10.7. The predicted octanol–water partition coefficient (Wildman–Crippen LogP) is 0.285. The summed E-state index contributed by atoms with van der Waals surface area (Å²) < 4.78 is 0. The van der Waals surface area contributed by atoms with E-state index in [9.17, 15) is 4.79 Å². The zero-order chi connectivity index (χ0) is 7.28. The van der Waals surface area contributed by atoms with E-state index >= 15 is 0 Å². The predicted molar refractivity (Wildman–Crippen MR) is 36.4 cm³/mol. The molecule has 0 fully saturated rings. The van der Waals surface area contributed by atoms with Gasteiger partial charge in [0, 0.05) is 12.6 Å². The third kappa shape index (κ3) is 2.87. The molecule has 0 bridgehead atoms. The molecule has 0 aromatic carbocycles. The number of hydrogen-bond acceptors (Lipinski definition) is 2. The lowest BCUT2D eigenvalue weighted by Gasteiger charge is -2.09. The van der Waals surface area contributed by atoms with Crippen molar-refractivity contribution in [1.29, 1.82) is 0 Å². The van der Waals surface area contributed by atoms with E-state index in [1.165, 1.54) is 6.08 Å². The van der Waals surface area contributed by atoms with Crippen molar-refractivity contribution in [1.82, 2.24) is 5.01 Å². The molecule has 9 heavy (non-hydrogen) atoms. The standard InChI is InChI=1S/C6H12N2O/c1-3-5-6(9)8(7)4-2/h3,5H,4,7H2,1-2H3/b5-3-. The zero-order valence-corrected chi connectivity index (χ0v) is 5.79. The lowest BCUT2D eigenvalue weighted by Crippen LogP contribution is -2.35. The van der Waals surface area contributed by atoms with Crippen molar-refractivity contribution in [2.75, 3.05) is 6.54 Å². The van der Waals surface area contributed by atoms with E-state index < -0.39 is 0 Å². The summed E-state index contributed by atoms with van der Waals surface area (Å²) in [6.07, 6.45) is 3.10. The van der Waals surface area contributed by atoms with E-state index in [0.29, 0.717) is 6.54 Å². The first-order valence-electron chi connectivity index (χ1n) is 2.91. The van der Waals surface area contributed by atoms with Gasteiger partial charge in [-0.05, 0) is 13.8 Å². The van der Waals surface area contributed by atoms with Crippen LogP contribution in [0.3, 0.4) is 0 Å². The SMILES string of the molecule is C/C=C\C(=O)N(N)CC. The Bertz CT molecular complexity index is 120. The Labute approximate surface area is 55.1 Å². The number of hydrazine groups is 1. The van der Waals surface area contributed by atoms with Crippen molar-refractivity contribution >= 4 is 5.91 Å². The third-order valence-corrected chi connectivity index (χ3v) is 0.933. The van der Waals surface area contributed by atoms with E-state index in [-0.39, 0.29) is 5.91 Å². The number of amides is 1. The summed E-state index contributed by atoms with van der Waals surface area (Å²) in [4.78, 5) is 10.7. The number of rotatable bonds is 2. The Morgan fingerprint density at radius 2 is 2.33 bits per heavy atom. The van der Waals surface area contributed by atoms with Gasteiger partial charge in [0.25, 0.3) is 5.91 Å². The van der Waals surface area contributed by atoms with Crippen LogP contribution in [0.4, 0.5) is 0 Å². The lowest BCUT2D eigenvalue weighted by molar-refractivity contribution is -0.126. The maximum atomic E-state index is 10.7. The van der Waals surface area contributed by atoms with Crippen LogP contribution in [0, 0.1) is 0 Å². The summed E-state index contributed by atoms with van der Waals surface area (Å²) in [5, 5.41) is 1.15. The molecule has 2 N–H and O–H groups in total. The van der Waals surface area contributed by atoms with Crippen LogP contribution < -0.4 is 5.84 Å². The topological polar surface area (TPSA) is 46.3 Å². The molecular weight excluding hydrogens is 116 g/mol. The summed E-state index contributed by atoms with van der Waals surface area (Å²) in [6, 6.07) is 0. The summed E-state index contributed by atoms with van der Waals surface area (Å²) in [7, 11) is 0. The van der Waals surface area contributed by atoms with Crippen LogP contribution in [-0.2, 0) is 4.79 Å². The van der Waals surface area contributed by atoms with E-state index in [0.717, 1.165) is 5.01 Å². The summed E-state index contributed by atoms with van der Waals surface area (Å²) in [6.45, 7) is 4.14. The lowest BCUT2D eigenvalue weighted by atomic mass is 10.5. The minimum atomic E-state index is -0.153. The molecule has 0 rings (SSSR count). The number of nitrogens with zero attached hydrogens (tertiary/aromatic N) is 1. The second kappa shape index (κ2) is 4.09. The first kappa shape index (κ1) is 8.17. The molecule has 0 aromatic rings. The molecule has 0 aliphatic heterocycles. The minimum Gasteiger partial charge on any atom is -0.277 e. The molecule has 0 atom stereocenters. The smallest absolute Gasteiger partial charge is 0.260 e. The molecule has 0 aromatic heterocycles. The molecule has 0 unspecified atom stereocenters. The van der Waals surface area contributed by atoms with Crippen LogP contribution in [0.1, 0.15) is 13.8 Å². The third-order valence-electron chi connectivity index (χ3n) is 0.933. The molecular formula is C6H12N2O. The number of carbonyl (C=O) groups excluding carboxylic acids is 1. The van der Waals surface area contributed by atoms with Gasteiger partial charge in [-0.3, -0.25) is 9.80 Å². The maximum Gasteiger partial charge on any atom is 0.260 e. The zero-order valence-electron chi connectivity index (χ0n) is 5.79. The molecule has 0 aliphatic carbocycles. The quantitative estimate of drug-likeness (QED) is 0.251. The Balaban J connectivity index is 3.73. The van der Waals surface area contributed by atoms with Crippen LogP contribution in [-0.4, -0.2) is 17.5 Å². The highest BCUT2D eigenvalue weighted by atomic mass is 16.2. The molecule has 3 heteroatoms. The van der Waals surface area contributed by atoms with E-state index in [4.69, 9.17) is 5.84 Å². The number of carbonyl (C=O) groups is 1. The van der Waals surface area contributed by atoms with Gasteiger partial charge in [0.15, 0.2) is 0 Å². The average Bonchev–Trinajstić information content (AvgIpc) is 1.87. The van der Waals surface area contributed by atoms with Gasteiger partial charge in [0.1, 0.15) is 0 Å². The van der Waals surface area contributed by atoms with Crippen LogP contribution in [0.2, 0.25) is 0 Å². The number of likely N-dealkylation sites (N-methyl/N-ethyl adjacent to an activating group) is 1. The van der Waals surface area contributed by atoms with Crippen LogP contribution in [0.5, 0.6) is 0 Å². The van der Waals surface area contributed by atoms with E-state index in [1.54, 1.807) is 13.0 Å². The fraction of sp³-hybridized carbons (Fsp3) is 0.500. The number of allylic oxidation sites excluding steroid dienone is 1. The normalized spacial score (nSPS) is 10.1. The van der Waals surface area contributed by atoms with Gasteiger partial charge in [0.2, 0.25) is 0 Å². The second-order valence-electron chi connectivity index (χ2n) is 1.62. The van der Waals surface area contributed by atoms with Crippen molar-refractivity contribution in [3.05, 3.63) is 12.2 Å². The summed E-state index contributed by atoms with van der Waals surface area (Å²) in [5.41, 5.74) is 0. The molecule has 52 valence electrons. The fourth-order valence-corrected chi connectivity index (χ4v) is 0.394. The minimum absolute atomic E-state index is 0.153. The molecule has 0 heterocycles. The first-order valence-corrected chi connectivity index (χ1v) is 2.91. The van der Waals surface area contributed by atoms with Gasteiger partial charge in [-0.15, -0.1) is 0 Å². The van der Waals surface area contributed by atoms with Crippen LogP contribution in [0.25, 0.3) is 0 Å². The number of nitrogens with two attached hydrogens (primary N) is 1. The van der Waals surface area contributed by atoms with Crippen molar-refractivity contribution in [3.63, 3.8) is 0 Å². The monoisotopic (exact) mass is 128 g/mol. The van der Waals surface area contributed by atoms with E-state index in [1.807, 2.05) is 6.92 Å². The van der Waals surface area contributed by atoms with Crippen LogP contribution in [0.15, 0.2) is 12.2 Å². The Kier molecular flexibility index (Phi) is 3.71. The van der Waals surface area contributed by atoms with Gasteiger partial charge < -0.3 is 0 Å². The summed E-state index contributed by atoms with van der Waals surface area (Å²) >= 11 is 0. The molecule has 0 radical (unpaired) electrons. The van der Waals surface area contributed by atoms with Gasteiger partial charge in [0.05, 0.1) is 0 Å². The largest absolute Gasteiger partial charge is 0.277 e. The van der Waals surface area contributed by atoms with Gasteiger partial charge >= 0.3 is 0 Å². The Hall–Kier alpha value is -0.830. The van der Waals surface area contributed by atoms with Crippen molar-refractivity contribution in [3.8, 4) is 0 Å². The van der Waals surface area contributed by atoms with Gasteiger partial charge in [-0.1, -0.05) is 6.08 Å². The average molecular weight is 128 g/mol. The summed E-state index contributed by atoms with van der Waals surface area (Å²) in [5.74, 6) is 5.08. The van der Waals surface area contributed by atoms with Gasteiger partial charge in [-0.25, -0.2) is 5.84 Å². The highest BCUT2D eigenvalue weighted by Crippen LogP contribution is 1.80. The highest BCUT2D eigenvalue weighted by Gasteiger charge is 1.98. The molecule has 0 saturated carbocycles.